The lowest BCUT2D eigenvalue weighted by molar-refractivity contribution is -0.134. The van der Waals surface area contributed by atoms with E-state index in [2.05, 4.69) is 10.3 Å². The van der Waals surface area contributed by atoms with Crippen LogP contribution in [0.3, 0.4) is 0 Å². The van der Waals surface area contributed by atoms with Gasteiger partial charge in [-0.15, -0.1) is 0 Å². The van der Waals surface area contributed by atoms with Crippen LogP contribution < -0.4 is 19.7 Å². The third kappa shape index (κ3) is 5.18. The van der Waals surface area contributed by atoms with E-state index < -0.39 is 17.6 Å². The van der Waals surface area contributed by atoms with Crippen LogP contribution in [0.1, 0.15) is 35.6 Å². The summed E-state index contributed by atoms with van der Waals surface area (Å²) in [6.45, 7) is 1.03. The van der Waals surface area contributed by atoms with Gasteiger partial charge in [0.25, 0.3) is 0 Å². The molecule has 2 atom stereocenters. The van der Waals surface area contributed by atoms with Gasteiger partial charge in [-0.1, -0.05) is 48.0 Å². The molecule has 1 amide bonds. The molecular weight excluding hydrogens is 556 g/mol. The summed E-state index contributed by atoms with van der Waals surface area (Å²) in [6, 6.07) is 18.4. The normalized spacial score (nSPS) is 19.4. The summed E-state index contributed by atoms with van der Waals surface area (Å²) < 4.78 is 10.8. The maximum atomic E-state index is 14.1. The predicted octanol–water partition coefficient (Wildman–Crippen LogP) is 4.61. The monoisotopic (exact) mass is 588 g/mol. The number of carbonyl (C=O) groups excluding carboxylic acids is 1. The van der Waals surface area contributed by atoms with Gasteiger partial charge in [-0.05, 0) is 60.6 Å². The first-order chi connectivity index (χ1) is 20.3. The van der Waals surface area contributed by atoms with E-state index in [1.165, 1.54) is 7.11 Å². The Hall–Kier alpha value is -4.08. The number of aromatic nitrogens is 2. The van der Waals surface area contributed by atoms with E-state index in [1.54, 1.807) is 25.3 Å². The number of fused-ring (bicyclic) bond motifs is 2. The molecule has 2 heterocycles. The molecule has 4 aromatic rings. The van der Waals surface area contributed by atoms with Crippen LogP contribution in [0.2, 0.25) is 5.02 Å². The highest BCUT2D eigenvalue weighted by Gasteiger charge is 2.44. The summed E-state index contributed by atoms with van der Waals surface area (Å²) in [7, 11) is 3.08. The van der Waals surface area contributed by atoms with Gasteiger partial charge in [-0.3, -0.25) is 4.79 Å². The fourth-order valence-electron chi connectivity index (χ4n) is 6.23. The van der Waals surface area contributed by atoms with Crippen molar-refractivity contribution in [1.82, 2.24) is 15.3 Å². The zero-order chi connectivity index (χ0) is 29.4. The number of aliphatic hydroxyl groups excluding tert-OH is 1. The molecule has 0 radical (unpaired) electrons. The molecule has 1 fully saturated rings. The van der Waals surface area contributed by atoms with Crippen LogP contribution in [-0.2, 0) is 17.6 Å². The molecule has 2 aliphatic rings. The lowest BCUT2D eigenvalue weighted by Gasteiger charge is -2.41. The number of aliphatic hydroxyl groups is 1. The number of aromatic hydroxyl groups is 1. The summed E-state index contributed by atoms with van der Waals surface area (Å²) in [5.74, 6) is 1.15. The number of piperidine rings is 1. The largest absolute Gasteiger partial charge is 0.493 e. The average molecular weight is 589 g/mol. The van der Waals surface area contributed by atoms with E-state index in [0.29, 0.717) is 72.1 Å². The van der Waals surface area contributed by atoms with Crippen LogP contribution in [0.5, 0.6) is 17.4 Å². The Labute approximate surface area is 249 Å². The van der Waals surface area contributed by atoms with Crippen molar-refractivity contribution in [3.8, 4) is 17.4 Å². The summed E-state index contributed by atoms with van der Waals surface area (Å²) in [5, 5.41) is 26.0. The highest BCUT2D eigenvalue weighted by atomic mass is 35.5. The number of amides is 1. The third-order valence-electron chi connectivity index (χ3n) is 8.60. The molecule has 3 aromatic carbocycles. The first-order valence-electron chi connectivity index (χ1n) is 14.0. The van der Waals surface area contributed by atoms with Crippen LogP contribution in [0.4, 0.5) is 5.95 Å². The maximum absolute atomic E-state index is 14.1. The van der Waals surface area contributed by atoms with Gasteiger partial charge in [0.05, 0.1) is 42.7 Å². The summed E-state index contributed by atoms with van der Waals surface area (Å²) in [6.07, 6.45) is 1.39. The summed E-state index contributed by atoms with van der Waals surface area (Å²) >= 11 is 6.18. The Kier molecular flexibility index (Phi) is 7.55. The third-order valence-corrected chi connectivity index (χ3v) is 8.84. The van der Waals surface area contributed by atoms with Gasteiger partial charge in [-0.25, -0.2) is 4.98 Å². The Bertz CT molecular complexity index is 1620. The zero-order valence-corrected chi connectivity index (χ0v) is 24.3. The Balaban J connectivity index is 1.25. The molecule has 9 nitrogen and oxygen atoms in total. The number of rotatable bonds is 7. The van der Waals surface area contributed by atoms with Gasteiger partial charge >= 0.3 is 0 Å². The number of hydrogen-bond acceptors (Lipinski definition) is 8. The lowest BCUT2D eigenvalue weighted by atomic mass is 9.72. The first-order valence-corrected chi connectivity index (χ1v) is 14.4. The fourth-order valence-corrected chi connectivity index (χ4v) is 6.43. The van der Waals surface area contributed by atoms with Crippen molar-refractivity contribution >= 4 is 34.4 Å². The first kappa shape index (κ1) is 28.1. The van der Waals surface area contributed by atoms with Gasteiger partial charge < -0.3 is 29.9 Å². The molecule has 218 valence electrons. The van der Waals surface area contributed by atoms with Gasteiger partial charge in [0, 0.05) is 24.2 Å². The lowest BCUT2D eigenvalue weighted by Crippen LogP contribution is -2.53. The molecule has 2 unspecified atom stereocenters. The van der Waals surface area contributed by atoms with Gasteiger partial charge in [0.15, 0.2) is 11.5 Å². The molecule has 6 rings (SSSR count). The number of ether oxygens (including phenoxy) is 2. The van der Waals surface area contributed by atoms with Crippen molar-refractivity contribution in [3.05, 3.63) is 82.4 Å². The van der Waals surface area contributed by atoms with Crippen molar-refractivity contribution < 1.29 is 24.5 Å². The standard InChI is InChI=1S/C32H33ClN4O5/c1-41-26-16-23-24(17-27(26)42-2)35-31(36-29(23)39)37-12-10-32(11-13-37,18-19-6-4-3-5-7-19)30(40)34-25-15-20-14-21(33)8-9-22(20)28(25)38/h3-9,14,16-17,25,28,38H,10-13,15,18H2,1-2H3,(H,34,40)(H,35,36,39). The van der Waals surface area contributed by atoms with Crippen molar-refractivity contribution in [3.63, 3.8) is 0 Å². The molecule has 3 N–H and O–H groups in total. The molecule has 1 aromatic heterocycles. The van der Waals surface area contributed by atoms with Crippen LogP contribution >= 0.6 is 11.6 Å². The van der Waals surface area contributed by atoms with E-state index in [-0.39, 0.29) is 11.8 Å². The van der Waals surface area contributed by atoms with E-state index in [1.807, 2.05) is 47.4 Å². The Morgan fingerprint density at radius 2 is 1.76 bits per heavy atom. The Morgan fingerprint density at radius 3 is 2.48 bits per heavy atom. The number of halogens is 1. The quantitative estimate of drug-likeness (QED) is 0.287. The SMILES string of the molecule is COc1cc2nc(N3CCC(Cc4ccccc4)(C(=O)NC4Cc5cc(Cl)ccc5C4O)CC3)nc(O)c2cc1OC. The molecule has 0 bridgehead atoms. The fraction of sp³-hybridized carbons (Fsp3) is 0.344. The number of hydrogen-bond donors (Lipinski definition) is 3. The predicted molar refractivity (Wildman–Crippen MR) is 160 cm³/mol. The molecule has 1 aliphatic carbocycles. The molecular formula is C32H33ClN4O5. The second kappa shape index (κ2) is 11.3. The smallest absolute Gasteiger partial charge is 0.229 e. The molecule has 42 heavy (non-hydrogen) atoms. The second-order valence-electron chi connectivity index (χ2n) is 11.1. The van der Waals surface area contributed by atoms with Gasteiger partial charge in [-0.2, -0.15) is 4.98 Å². The minimum absolute atomic E-state index is 0.0759. The van der Waals surface area contributed by atoms with E-state index >= 15 is 0 Å². The van der Waals surface area contributed by atoms with Gasteiger partial charge in [0.2, 0.25) is 17.7 Å². The topological polar surface area (TPSA) is 117 Å². The molecule has 1 aliphatic heterocycles. The number of carbonyl (C=O) groups is 1. The van der Waals surface area contributed by atoms with Gasteiger partial charge in [0.1, 0.15) is 0 Å². The van der Waals surface area contributed by atoms with E-state index in [9.17, 15) is 15.0 Å². The van der Waals surface area contributed by atoms with Crippen LogP contribution in [0.25, 0.3) is 10.9 Å². The zero-order valence-electron chi connectivity index (χ0n) is 23.5. The second-order valence-corrected chi connectivity index (χ2v) is 11.5. The Morgan fingerprint density at radius 1 is 1.05 bits per heavy atom. The van der Waals surface area contributed by atoms with Crippen molar-refractivity contribution in [1.29, 1.82) is 0 Å². The number of nitrogens with one attached hydrogen (secondary N) is 1. The minimum Gasteiger partial charge on any atom is -0.493 e. The summed E-state index contributed by atoms with van der Waals surface area (Å²) in [4.78, 5) is 25.2. The molecule has 0 saturated carbocycles. The van der Waals surface area contributed by atoms with Crippen molar-refractivity contribution in [2.45, 2.75) is 37.8 Å². The number of anilines is 1. The van der Waals surface area contributed by atoms with Crippen molar-refractivity contribution in [2.75, 3.05) is 32.2 Å². The average Bonchev–Trinajstić information content (AvgIpc) is 3.30. The van der Waals surface area contributed by atoms with Crippen LogP contribution in [-0.4, -0.2) is 59.4 Å². The molecule has 0 spiro atoms. The number of benzene rings is 3. The number of methoxy groups -OCH3 is 2. The maximum Gasteiger partial charge on any atom is 0.229 e. The molecule has 10 heteroatoms. The minimum atomic E-state index is -0.792. The highest BCUT2D eigenvalue weighted by molar-refractivity contribution is 6.30. The number of nitrogens with zero attached hydrogens (tertiary/aromatic N) is 3. The molecule has 1 saturated heterocycles. The van der Waals surface area contributed by atoms with Crippen LogP contribution in [0, 0.1) is 5.41 Å². The van der Waals surface area contributed by atoms with E-state index in [4.69, 9.17) is 26.1 Å². The summed E-state index contributed by atoms with van der Waals surface area (Å²) in [5.41, 5.74) is 2.67. The van der Waals surface area contributed by atoms with Crippen molar-refractivity contribution in [2.24, 2.45) is 5.41 Å². The van der Waals surface area contributed by atoms with Crippen LogP contribution in [0.15, 0.2) is 60.7 Å². The highest BCUT2D eigenvalue weighted by Crippen LogP contribution is 2.40. The van der Waals surface area contributed by atoms with E-state index in [0.717, 1.165) is 16.7 Å².